The minimum atomic E-state index is -1.09. The van der Waals surface area contributed by atoms with E-state index < -0.39 is 11.9 Å². The third kappa shape index (κ3) is 30.4. The van der Waals surface area contributed by atoms with Gasteiger partial charge in [-0.05, 0) is 24.3 Å². The summed E-state index contributed by atoms with van der Waals surface area (Å²) in [6, 6.07) is 10.9. The van der Waals surface area contributed by atoms with Gasteiger partial charge in [-0.2, -0.15) is 0 Å². The number of carboxylic acid groups (broad SMARTS) is 2. The fourth-order valence-corrected chi connectivity index (χ4v) is 1.53. The van der Waals surface area contributed by atoms with E-state index in [1.807, 2.05) is 12.1 Å². The quantitative estimate of drug-likeness (QED) is 0.148. The van der Waals surface area contributed by atoms with Crippen LogP contribution in [0.5, 0.6) is 0 Å². The molecule has 2 rings (SSSR count). The number of hydrogen-bond acceptors (Lipinski definition) is 8. The van der Waals surface area contributed by atoms with E-state index in [2.05, 4.69) is 20.0 Å². The first-order valence-corrected chi connectivity index (χ1v) is 8.59. The summed E-state index contributed by atoms with van der Waals surface area (Å²) >= 11 is 0. The van der Waals surface area contributed by atoms with Crippen LogP contribution >= 0.6 is 0 Å². The van der Waals surface area contributed by atoms with E-state index in [0.717, 1.165) is 11.4 Å². The molecular weight excluding hydrogens is 547 g/mol. The molecule has 0 atom stereocenters. The van der Waals surface area contributed by atoms with Gasteiger partial charge < -0.3 is 41.9 Å². The number of rotatable bonds is 8. The van der Waals surface area contributed by atoms with Crippen LogP contribution in [0.1, 0.15) is 24.2 Å². The molecule has 2 aromatic heterocycles. The van der Waals surface area contributed by atoms with E-state index in [1.54, 1.807) is 49.1 Å². The molecule has 0 spiro atoms. The smallest absolute Gasteiger partial charge is 0.550 e. The molecule has 2 heterocycles. The molecule has 2 aromatic rings. The molecule has 0 aromatic carbocycles. The van der Waals surface area contributed by atoms with Crippen LogP contribution in [0.4, 0.5) is 0 Å². The molecule has 0 amide bonds. The van der Waals surface area contributed by atoms with Crippen molar-refractivity contribution in [3.8, 4) is 0 Å². The Balaban J connectivity index is -0.000000205. The fraction of sp³-hybridized carbons (Fsp3) is 0.222. The summed E-state index contributed by atoms with van der Waals surface area (Å²) in [7, 11) is 0. The first kappa shape index (κ1) is 37.5. The van der Waals surface area contributed by atoms with Gasteiger partial charge in [0, 0.05) is 62.7 Å². The summed E-state index contributed by atoms with van der Waals surface area (Å²) in [4.78, 5) is 38.7. The minimum Gasteiger partial charge on any atom is -0.550 e. The van der Waals surface area contributed by atoms with Gasteiger partial charge in [0.2, 0.25) is 0 Å². The Labute approximate surface area is 216 Å². The van der Waals surface area contributed by atoms with Crippen molar-refractivity contribution in [2.45, 2.75) is 12.8 Å². The summed E-state index contributed by atoms with van der Waals surface area (Å²) in [5, 5.41) is 20.0. The predicted molar refractivity (Wildman–Crippen MR) is 113 cm³/mol. The van der Waals surface area contributed by atoms with Crippen LogP contribution in [0.3, 0.4) is 0 Å². The molecule has 186 valence electrons. The normalized spacial score (nSPS) is 8.47. The maximum Gasteiger partial charge on any atom is 2.00 e. The van der Waals surface area contributed by atoms with Gasteiger partial charge in [0.05, 0.1) is 11.4 Å². The summed E-state index contributed by atoms with van der Waals surface area (Å²) in [5.74, 6) is -2.17. The van der Waals surface area contributed by atoms with E-state index in [9.17, 15) is 19.8 Å². The Bertz CT molecular complexity index is 828. The Morgan fingerprint density at radius 2 is 1.09 bits per heavy atom. The predicted octanol–water partition coefficient (Wildman–Crippen LogP) is 1.01. The molecule has 0 saturated carbocycles. The molecule has 2 radical (unpaired) electrons. The third-order valence-electron chi connectivity index (χ3n) is 2.71. The number of aromatic nitrogens is 2. The number of carboxylic acids is 2. The van der Waals surface area contributed by atoms with Crippen molar-refractivity contribution in [2.24, 2.45) is 9.98 Å². The van der Waals surface area contributed by atoms with Gasteiger partial charge >= 0.3 is 34.1 Å². The minimum absolute atomic E-state index is 0. The van der Waals surface area contributed by atoms with Gasteiger partial charge in [0.25, 0.3) is 0 Å². The zero-order chi connectivity index (χ0) is 24.5. The molecule has 0 aliphatic heterocycles. The molecule has 0 unspecified atom stereocenters. The van der Waals surface area contributed by atoms with Gasteiger partial charge in [-0.15, -0.1) is 0 Å². The third-order valence-corrected chi connectivity index (χ3v) is 2.71. The van der Waals surface area contributed by atoms with Crippen LogP contribution in [-0.2, 0) is 43.7 Å². The number of carbonyl (C=O) groups excluding carboxylic acids is 2. The molecule has 0 aliphatic carbocycles. The molecular formula is C18H18Cu2N10O4. The number of nitrogens with zero attached hydrogens (tertiary/aromatic N) is 10. The molecule has 14 nitrogen and oxygen atoms in total. The van der Waals surface area contributed by atoms with Crippen molar-refractivity contribution < 1.29 is 53.9 Å². The molecule has 0 saturated heterocycles. The summed E-state index contributed by atoms with van der Waals surface area (Å²) in [6.07, 6.45) is 6.29. The van der Waals surface area contributed by atoms with Gasteiger partial charge in [0.15, 0.2) is 0 Å². The van der Waals surface area contributed by atoms with Gasteiger partial charge in [-0.1, -0.05) is 12.1 Å². The Morgan fingerprint density at radius 1 is 0.765 bits per heavy atom. The first-order valence-electron chi connectivity index (χ1n) is 8.59. The van der Waals surface area contributed by atoms with Crippen molar-refractivity contribution in [1.29, 1.82) is 0 Å². The largest absolute Gasteiger partial charge is 2.00 e. The van der Waals surface area contributed by atoms with Crippen molar-refractivity contribution in [1.82, 2.24) is 9.97 Å². The van der Waals surface area contributed by atoms with Gasteiger partial charge in [-0.25, -0.2) is 0 Å². The van der Waals surface area contributed by atoms with E-state index in [1.165, 1.54) is 9.82 Å². The fourth-order valence-electron chi connectivity index (χ4n) is 1.53. The van der Waals surface area contributed by atoms with E-state index >= 15 is 0 Å². The van der Waals surface area contributed by atoms with Crippen LogP contribution in [0.15, 0.2) is 58.8 Å². The first-order chi connectivity index (χ1) is 15.4. The molecule has 0 fully saturated rings. The summed E-state index contributed by atoms with van der Waals surface area (Å²) < 4.78 is 0. The number of carbonyl (C=O) groups is 2. The second kappa shape index (κ2) is 29.2. The SMILES string of the molecule is O=C([O-])CCN=Cc1ccccn1.O=C([O-])CCN=Cc1ccccn1.[Cu+2].[Cu+2].[N-]=[N+]=[N-].[N-]=[N+]=[N-]. The van der Waals surface area contributed by atoms with Crippen molar-refractivity contribution in [3.05, 3.63) is 92.1 Å². The van der Waals surface area contributed by atoms with Crippen LogP contribution < -0.4 is 10.2 Å². The zero-order valence-corrected chi connectivity index (χ0v) is 19.2. The van der Waals surface area contributed by atoms with Crippen molar-refractivity contribution in [2.75, 3.05) is 13.1 Å². The van der Waals surface area contributed by atoms with Crippen LogP contribution in [0.2, 0.25) is 0 Å². The topological polar surface area (TPSA) is 248 Å². The van der Waals surface area contributed by atoms with E-state index in [4.69, 9.17) is 22.1 Å². The van der Waals surface area contributed by atoms with E-state index in [0.29, 0.717) is 0 Å². The average molecular weight is 565 g/mol. The van der Waals surface area contributed by atoms with E-state index in [-0.39, 0.29) is 60.1 Å². The summed E-state index contributed by atoms with van der Waals surface area (Å²) in [6.45, 7) is 0.470. The number of aliphatic imine (C=N–C) groups is 2. The van der Waals surface area contributed by atoms with Gasteiger partial charge in [-0.3, -0.25) is 29.8 Å². The molecule has 0 N–H and O–H groups in total. The molecule has 0 aliphatic rings. The Morgan fingerprint density at radius 3 is 1.32 bits per heavy atom. The van der Waals surface area contributed by atoms with Crippen LogP contribution in [-0.4, -0.2) is 47.4 Å². The monoisotopic (exact) mass is 564 g/mol. The molecule has 16 heteroatoms. The Kier molecular flexibility index (Phi) is 32.3. The zero-order valence-electron chi connectivity index (χ0n) is 17.3. The summed E-state index contributed by atoms with van der Waals surface area (Å²) in [5.41, 5.74) is 28.4. The van der Waals surface area contributed by atoms with Crippen LogP contribution in [0, 0.1) is 0 Å². The maximum absolute atomic E-state index is 10.0. The number of pyridine rings is 2. The number of hydrogen-bond donors (Lipinski definition) is 0. The van der Waals surface area contributed by atoms with Gasteiger partial charge in [0.1, 0.15) is 0 Å². The average Bonchev–Trinajstić information content (AvgIpc) is 2.77. The Hall–Kier alpha value is -3.76. The maximum atomic E-state index is 10.0. The second-order valence-corrected chi connectivity index (χ2v) is 5.00. The molecule has 0 bridgehead atoms. The molecule has 34 heavy (non-hydrogen) atoms. The van der Waals surface area contributed by atoms with Crippen molar-refractivity contribution >= 4 is 24.4 Å². The van der Waals surface area contributed by atoms with Crippen molar-refractivity contribution in [3.63, 3.8) is 0 Å². The van der Waals surface area contributed by atoms with Crippen LogP contribution in [0.25, 0.3) is 31.9 Å². The standard InChI is InChI=1S/2C9H10N2O2.2Cu.2N3/c2*12-9(13)4-6-10-7-8-3-1-2-5-11-8;;;2*1-3-2/h2*1-3,5,7H,4,6H2,(H,12,13);;;;/q;;2*+2;2*-1/p-2. The number of aliphatic carboxylic acids is 2. The second-order valence-electron chi connectivity index (χ2n) is 5.00.